The second-order valence-electron chi connectivity index (χ2n) is 4.44. The highest BCUT2D eigenvalue weighted by Gasteiger charge is 2.32. The first-order valence-electron chi connectivity index (χ1n) is 5.82. The average Bonchev–Trinajstić information content (AvgIpc) is 2.87. The third-order valence-corrected chi connectivity index (χ3v) is 3.27. The molecule has 0 bridgehead atoms. The van der Waals surface area contributed by atoms with Gasteiger partial charge in [0.05, 0.1) is 22.3 Å². The fourth-order valence-corrected chi connectivity index (χ4v) is 2.26. The van der Waals surface area contributed by atoms with Gasteiger partial charge in [0, 0.05) is 17.1 Å². The molecule has 21 heavy (non-hydrogen) atoms. The summed E-state index contributed by atoms with van der Waals surface area (Å²) in [5, 5.41) is 7.11. The summed E-state index contributed by atoms with van der Waals surface area (Å²) < 4.78 is 39.0. The largest absolute Gasteiger partial charge is 0.416 e. The first kappa shape index (κ1) is 13.7. The van der Waals surface area contributed by atoms with Crippen molar-refractivity contribution in [2.45, 2.75) is 6.18 Å². The number of nitrogens with zero attached hydrogens (tertiary/aromatic N) is 2. The second kappa shape index (κ2) is 4.63. The number of nitrogens with two attached hydrogens (primary N) is 1. The van der Waals surface area contributed by atoms with Gasteiger partial charge in [0.2, 0.25) is 0 Å². The monoisotopic (exact) mass is 312 g/mol. The molecule has 0 unspecified atom stereocenters. The maximum Gasteiger partial charge on any atom is 0.416 e. The molecule has 8 heteroatoms. The van der Waals surface area contributed by atoms with Gasteiger partial charge >= 0.3 is 6.18 Å². The number of aromatic amines is 1. The Morgan fingerprint density at radius 1 is 1.10 bits per heavy atom. The molecule has 2 aromatic heterocycles. The predicted octanol–water partition coefficient (Wildman–Crippen LogP) is 3.88. The van der Waals surface area contributed by atoms with E-state index in [9.17, 15) is 13.2 Å². The fraction of sp³-hybridized carbons (Fsp3) is 0.0769. The molecule has 0 aliphatic rings. The normalized spacial score (nSPS) is 12.0. The van der Waals surface area contributed by atoms with Crippen LogP contribution in [0.5, 0.6) is 0 Å². The van der Waals surface area contributed by atoms with Crippen LogP contribution in [-0.4, -0.2) is 15.2 Å². The summed E-state index contributed by atoms with van der Waals surface area (Å²) in [5.41, 5.74) is 5.84. The zero-order chi connectivity index (χ0) is 15.2. The molecule has 0 saturated heterocycles. The zero-order valence-electron chi connectivity index (χ0n) is 10.4. The number of hydrogen-bond donors (Lipinski definition) is 2. The number of anilines is 1. The van der Waals surface area contributed by atoms with Crippen molar-refractivity contribution in [3.63, 3.8) is 0 Å². The minimum absolute atomic E-state index is 0.0984. The van der Waals surface area contributed by atoms with Crippen molar-refractivity contribution in [3.05, 3.63) is 41.2 Å². The average molecular weight is 313 g/mol. The van der Waals surface area contributed by atoms with E-state index in [1.54, 1.807) is 0 Å². The maximum atomic E-state index is 13.0. The molecule has 0 aliphatic carbocycles. The maximum absolute atomic E-state index is 13.0. The van der Waals surface area contributed by atoms with Crippen LogP contribution in [0.25, 0.3) is 22.0 Å². The summed E-state index contributed by atoms with van der Waals surface area (Å²) in [6.45, 7) is 0. The quantitative estimate of drug-likeness (QED) is 0.716. The third kappa shape index (κ3) is 2.40. The van der Waals surface area contributed by atoms with Gasteiger partial charge in [0.15, 0.2) is 0 Å². The van der Waals surface area contributed by atoms with Crippen molar-refractivity contribution in [1.29, 1.82) is 0 Å². The van der Waals surface area contributed by atoms with Gasteiger partial charge in [-0.1, -0.05) is 11.6 Å². The number of benzene rings is 1. The van der Waals surface area contributed by atoms with Crippen LogP contribution in [0.1, 0.15) is 5.56 Å². The Kier molecular flexibility index (Phi) is 3.02. The van der Waals surface area contributed by atoms with Crippen molar-refractivity contribution in [2.24, 2.45) is 0 Å². The Hall–Kier alpha value is -2.28. The Balaban J connectivity index is 2.35. The van der Waals surface area contributed by atoms with E-state index in [1.165, 1.54) is 18.5 Å². The molecule has 0 radical (unpaired) electrons. The van der Waals surface area contributed by atoms with Crippen LogP contribution in [0.4, 0.5) is 19.0 Å². The number of pyridine rings is 1. The van der Waals surface area contributed by atoms with Crippen LogP contribution in [-0.2, 0) is 6.18 Å². The summed E-state index contributed by atoms with van der Waals surface area (Å²) >= 11 is 5.86. The molecule has 0 atom stereocenters. The number of hydrogen-bond acceptors (Lipinski definition) is 3. The van der Waals surface area contributed by atoms with Gasteiger partial charge in [0.1, 0.15) is 5.82 Å². The highest BCUT2D eigenvalue weighted by atomic mass is 35.5. The first-order chi connectivity index (χ1) is 9.86. The standard InChI is InChI=1S/C13H8ClF3N4/c14-7-3-9(12(18)19-4-7)8-1-6(13(15,16)17)2-11-10(8)5-20-21-11/h1-5H,(H2,18,19)(H,20,21). The molecule has 0 saturated carbocycles. The molecule has 0 fully saturated rings. The minimum Gasteiger partial charge on any atom is -0.383 e. The second-order valence-corrected chi connectivity index (χ2v) is 4.88. The van der Waals surface area contributed by atoms with Crippen molar-refractivity contribution >= 4 is 28.3 Å². The Morgan fingerprint density at radius 3 is 2.57 bits per heavy atom. The summed E-state index contributed by atoms with van der Waals surface area (Å²) in [6, 6.07) is 3.49. The minimum atomic E-state index is -4.48. The van der Waals surface area contributed by atoms with E-state index in [4.69, 9.17) is 17.3 Å². The van der Waals surface area contributed by atoms with Gasteiger partial charge in [-0.15, -0.1) is 0 Å². The number of nitrogens with one attached hydrogen (secondary N) is 1. The van der Waals surface area contributed by atoms with E-state index in [0.29, 0.717) is 10.9 Å². The molecule has 4 nitrogen and oxygen atoms in total. The highest BCUT2D eigenvalue weighted by molar-refractivity contribution is 6.30. The predicted molar refractivity (Wildman–Crippen MR) is 73.7 cm³/mol. The van der Waals surface area contributed by atoms with Crippen LogP contribution in [0.15, 0.2) is 30.6 Å². The number of fused-ring (bicyclic) bond motifs is 1. The molecule has 108 valence electrons. The van der Waals surface area contributed by atoms with E-state index in [2.05, 4.69) is 15.2 Å². The van der Waals surface area contributed by atoms with Crippen LogP contribution in [0, 0.1) is 0 Å². The third-order valence-electron chi connectivity index (χ3n) is 3.06. The Morgan fingerprint density at radius 2 is 1.86 bits per heavy atom. The van der Waals surface area contributed by atoms with Crippen LogP contribution < -0.4 is 5.73 Å². The van der Waals surface area contributed by atoms with Crippen molar-refractivity contribution in [2.75, 3.05) is 5.73 Å². The number of halogens is 4. The molecule has 3 rings (SSSR count). The van der Waals surface area contributed by atoms with Crippen LogP contribution in [0.2, 0.25) is 5.02 Å². The van der Waals surface area contributed by atoms with Gasteiger partial charge < -0.3 is 5.73 Å². The Labute approximate surface area is 121 Å². The highest BCUT2D eigenvalue weighted by Crippen LogP contribution is 2.38. The number of nitrogen functional groups attached to an aromatic ring is 1. The van der Waals surface area contributed by atoms with Crippen LogP contribution in [0.3, 0.4) is 0 Å². The van der Waals surface area contributed by atoms with E-state index < -0.39 is 11.7 Å². The van der Waals surface area contributed by atoms with Gasteiger partial charge in [-0.25, -0.2) is 4.98 Å². The zero-order valence-corrected chi connectivity index (χ0v) is 11.1. The van der Waals surface area contributed by atoms with E-state index in [1.807, 2.05) is 0 Å². The molecule has 0 amide bonds. The fourth-order valence-electron chi connectivity index (χ4n) is 2.10. The molecular weight excluding hydrogens is 305 g/mol. The number of alkyl halides is 3. The number of aromatic nitrogens is 3. The van der Waals surface area contributed by atoms with Crippen molar-refractivity contribution in [3.8, 4) is 11.1 Å². The molecule has 3 aromatic rings. The number of rotatable bonds is 1. The number of H-pyrrole nitrogens is 1. The van der Waals surface area contributed by atoms with E-state index in [0.717, 1.165) is 12.1 Å². The Bertz CT molecular complexity index is 826. The molecule has 3 N–H and O–H groups in total. The lowest BCUT2D eigenvalue weighted by Crippen LogP contribution is -2.05. The summed E-state index contributed by atoms with van der Waals surface area (Å²) in [6.07, 6.45) is -1.71. The van der Waals surface area contributed by atoms with Gasteiger partial charge in [-0.05, 0) is 23.8 Å². The SMILES string of the molecule is Nc1ncc(Cl)cc1-c1cc(C(F)(F)F)cc2[nH]ncc12. The molecule has 0 spiro atoms. The van der Waals surface area contributed by atoms with Gasteiger partial charge in [0.25, 0.3) is 0 Å². The lowest BCUT2D eigenvalue weighted by molar-refractivity contribution is -0.137. The van der Waals surface area contributed by atoms with E-state index in [-0.39, 0.29) is 21.9 Å². The van der Waals surface area contributed by atoms with Crippen molar-refractivity contribution < 1.29 is 13.2 Å². The molecule has 1 aromatic carbocycles. The first-order valence-corrected chi connectivity index (χ1v) is 6.20. The summed E-state index contributed by atoms with van der Waals surface area (Å²) in [5.74, 6) is 0.0984. The van der Waals surface area contributed by atoms with Crippen molar-refractivity contribution in [1.82, 2.24) is 15.2 Å². The molecule has 2 heterocycles. The van der Waals surface area contributed by atoms with E-state index >= 15 is 0 Å². The van der Waals surface area contributed by atoms with Gasteiger partial charge in [-0.2, -0.15) is 18.3 Å². The lowest BCUT2D eigenvalue weighted by Gasteiger charge is -2.11. The summed E-state index contributed by atoms with van der Waals surface area (Å²) in [7, 11) is 0. The lowest BCUT2D eigenvalue weighted by atomic mass is 9.99. The molecular formula is C13H8ClF3N4. The molecule has 0 aliphatic heterocycles. The topological polar surface area (TPSA) is 67.6 Å². The summed E-state index contributed by atoms with van der Waals surface area (Å²) in [4.78, 5) is 3.87. The smallest absolute Gasteiger partial charge is 0.383 e. The van der Waals surface area contributed by atoms with Crippen LogP contribution >= 0.6 is 11.6 Å². The van der Waals surface area contributed by atoms with Gasteiger partial charge in [-0.3, -0.25) is 5.10 Å².